The zero-order valence-electron chi connectivity index (χ0n) is 12.1. The number of benzene rings is 1. The third-order valence-corrected chi connectivity index (χ3v) is 4.24. The van der Waals surface area contributed by atoms with Gasteiger partial charge in [0.05, 0.1) is 24.2 Å². The molecule has 1 aliphatic rings. The number of nitrogens with one attached hydrogen (secondary N) is 1. The molecular weight excluding hydrogens is 270 g/mol. The van der Waals surface area contributed by atoms with Crippen LogP contribution in [-0.2, 0) is 4.74 Å². The monoisotopic (exact) mass is 291 g/mol. The lowest BCUT2D eigenvalue weighted by Gasteiger charge is -2.29. The van der Waals surface area contributed by atoms with E-state index in [1.807, 2.05) is 0 Å². The maximum atomic E-state index is 5.50. The summed E-state index contributed by atoms with van der Waals surface area (Å²) in [7, 11) is 0. The van der Waals surface area contributed by atoms with E-state index in [0.29, 0.717) is 6.04 Å². The maximum absolute atomic E-state index is 5.50. The molecule has 0 spiro atoms. The van der Waals surface area contributed by atoms with Crippen LogP contribution in [0.2, 0.25) is 0 Å². The average molecular weight is 291 g/mol. The van der Waals surface area contributed by atoms with Crippen LogP contribution in [0.1, 0.15) is 18.5 Å². The first-order valence-electron chi connectivity index (χ1n) is 7.16. The van der Waals surface area contributed by atoms with Crippen molar-refractivity contribution in [2.75, 3.05) is 32.8 Å². The zero-order valence-corrected chi connectivity index (χ0v) is 12.9. The lowest BCUT2D eigenvalue weighted by Crippen LogP contribution is -2.39. The Hall–Kier alpha value is -1.17. The predicted octanol–water partition coefficient (Wildman–Crippen LogP) is 2.90. The molecule has 1 aromatic carbocycles. The molecule has 1 atom stereocenters. The first-order chi connectivity index (χ1) is 9.65. The average Bonchev–Trinajstić information content (AvgIpc) is 2.74. The van der Waals surface area contributed by atoms with Gasteiger partial charge in [-0.05, 0) is 43.8 Å². The fourth-order valence-electron chi connectivity index (χ4n) is 2.92. The Morgan fingerprint density at radius 2 is 2.10 bits per heavy atom. The Labute approximate surface area is 124 Å². The van der Waals surface area contributed by atoms with E-state index in [0.717, 1.165) is 43.1 Å². The summed E-state index contributed by atoms with van der Waals surface area (Å²) < 4.78 is 8.45. The van der Waals surface area contributed by atoms with Crippen molar-refractivity contribution >= 4 is 23.3 Å². The van der Waals surface area contributed by atoms with E-state index in [4.69, 9.17) is 17.0 Å². The number of rotatable bonds is 3. The van der Waals surface area contributed by atoms with Crippen LogP contribution >= 0.6 is 12.2 Å². The van der Waals surface area contributed by atoms with E-state index in [1.54, 1.807) is 0 Å². The van der Waals surface area contributed by atoms with Crippen molar-refractivity contribution in [1.29, 1.82) is 0 Å². The molecule has 108 valence electrons. The van der Waals surface area contributed by atoms with Crippen LogP contribution in [0.4, 0.5) is 0 Å². The van der Waals surface area contributed by atoms with Gasteiger partial charge in [-0.15, -0.1) is 0 Å². The summed E-state index contributed by atoms with van der Waals surface area (Å²) in [6, 6.07) is 6.82. The molecule has 2 heterocycles. The molecule has 0 bridgehead atoms. The number of aromatic amines is 1. The molecule has 4 nitrogen and oxygen atoms in total. The van der Waals surface area contributed by atoms with Crippen molar-refractivity contribution in [2.24, 2.45) is 0 Å². The number of morpholine rings is 1. The largest absolute Gasteiger partial charge is 0.379 e. The molecule has 1 N–H and O–H groups in total. The molecule has 0 radical (unpaired) electrons. The molecule has 20 heavy (non-hydrogen) atoms. The molecule has 2 aromatic rings. The highest BCUT2D eigenvalue weighted by molar-refractivity contribution is 7.71. The molecule has 3 rings (SSSR count). The van der Waals surface area contributed by atoms with Gasteiger partial charge in [0.15, 0.2) is 4.77 Å². The Balaban J connectivity index is 1.88. The second-order valence-electron chi connectivity index (χ2n) is 5.58. The third kappa shape index (κ3) is 2.66. The fourth-order valence-corrected chi connectivity index (χ4v) is 3.31. The number of nitrogens with zero attached hydrogens (tertiary/aromatic N) is 2. The van der Waals surface area contributed by atoms with Gasteiger partial charge < -0.3 is 14.3 Å². The second-order valence-corrected chi connectivity index (χ2v) is 5.97. The molecule has 0 aliphatic carbocycles. The quantitative estimate of drug-likeness (QED) is 0.883. The minimum atomic E-state index is 0.358. The maximum Gasteiger partial charge on any atom is 0.178 e. The van der Waals surface area contributed by atoms with Gasteiger partial charge in [0.25, 0.3) is 0 Å². The second kappa shape index (κ2) is 5.68. The van der Waals surface area contributed by atoms with Crippen molar-refractivity contribution in [3.8, 4) is 0 Å². The van der Waals surface area contributed by atoms with Crippen LogP contribution < -0.4 is 0 Å². The Morgan fingerprint density at radius 3 is 2.85 bits per heavy atom. The van der Waals surface area contributed by atoms with Crippen LogP contribution in [-0.4, -0.2) is 47.3 Å². The predicted molar refractivity (Wildman–Crippen MR) is 83.8 cm³/mol. The van der Waals surface area contributed by atoms with Crippen molar-refractivity contribution < 1.29 is 4.74 Å². The number of aromatic nitrogens is 2. The molecule has 0 amide bonds. The number of hydrogen-bond acceptors (Lipinski definition) is 3. The lowest BCUT2D eigenvalue weighted by atomic mass is 10.2. The van der Waals surface area contributed by atoms with Gasteiger partial charge in [0, 0.05) is 25.7 Å². The van der Waals surface area contributed by atoms with Crippen molar-refractivity contribution in [3.05, 3.63) is 28.5 Å². The fraction of sp³-hybridized carbons (Fsp3) is 0.533. The minimum absolute atomic E-state index is 0.358. The van der Waals surface area contributed by atoms with Crippen molar-refractivity contribution in [3.63, 3.8) is 0 Å². The molecule has 1 aromatic heterocycles. The van der Waals surface area contributed by atoms with Gasteiger partial charge in [-0.2, -0.15) is 0 Å². The SMILES string of the molecule is Cc1ccc2c(c1)[nH]c(=S)n2C(C)CN1CCOCC1. The number of hydrogen-bond donors (Lipinski definition) is 1. The van der Waals surface area contributed by atoms with Gasteiger partial charge in [0.2, 0.25) is 0 Å². The van der Waals surface area contributed by atoms with Gasteiger partial charge in [-0.3, -0.25) is 4.90 Å². The third-order valence-electron chi connectivity index (χ3n) is 3.94. The smallest absolute Gasteiger partial charge is 0.178 e. The number of imidazole rings is 1. The van der Waals surface area contributed by atoms with Gasteiger partial charge in [-0.1, -0.05) is 6.07 Å². The van der Waals surface area contributed by atoms with E-state index in [9.17, 15) is 0 Å². The summed E-state index contributed by atoms with van der Waals surface area (Å²) in [6.45, 7) is 9.05. The number of aryl methyl sites for hydroxylation is 1. The molecule has 5 heteroatoms. The van der Waals surface area contributed by atoms with Crippen molar-refractivity contribution in [1.82, 2.24) is 14.5 Å². The first kappa shape index (κ1) is 13.8. The minimum Gasteiger partial charge on any atom is -0.379 e. The number of ether oxygens (including phenoxy) is 1. The highest BCUT2D eigenvalue weighted by Gasteiger charge is 2.17. The van der Waals surface area contributed by atoms with Gasteiger partial charge in [-0.25, -0.2) is 0 Å². The van der Waals surface area contributed by atoms with E-state index in [2.05, 4.69) is 46.5 Å². The summed E-state index contributed by atoms with van der Waals surface area (Å²) >= 11 is 5.50. The Kier molecular flexibility index (Phi) is 3.92. The van der Waals surface area contributed by atoms with E-state index in [-0.39, 0.29) is 0 Å². The normalized spacial score (nSPS) is 18.5. The summed E-state index contributed by atoms with van der Waals surface area (Å²) in [5.74, 6) is 0. The van der Waals surface area contributed by atoms with Crippen LogP contribution in [0.5, 0.6) is 0 Å². The van der Waals surface area contributed by atoms with Crippen LogP contribution in [0.3, 0.4) is 0 Å². The topological polar surface area (TPSA) is 33.2 Å². The summed E-state index contributed by atoms with van der Waals surface area (Å²) in [5.41, 5.74) is 3.58. The summed E-state index contributed by atoms with van der Waals surface area (Å²) in [5, 5.41) is 0. The van der Waals surface area contributed by atoms with Gasteiger partial charge in [0.1, 0.15) is 0 Å². The van der Waals surface area contributed by atoms with Crippen LogP contribution in [0.25, 0.3) is 11.0 Å². The Morgan fingerprint density at radius 1 is 1.35 bits per heavy atom. The molecule has 1 fully saturated rings. The standard InChI is InChI=1S/C15H21N3OS/c1-11-3-4-14-13(9-11)16-15(20)18(14)12(2)10-17-5-7-19-8-6-17/h3-4,9,12H,5-8,10H2,1-2H3,(H,16,20). The van der Waals surface area contributed by atoms with E-state index in [1.165, 1.54) is 11.1 Å². The van der Waals surface area contributed by atoms with Crippen LogP contribution in [0.15, 0.2) is 18.2 Å². The van der Waals surface area contributed by atoms with Crippen LogP contribution in [0, 0.1) is 11.7 Å². The van der Waals surface area contributed by atoms with Gasteiger partial charge >= 0.3 is 0 Å². The highest BCUT2D eigenvalue weighted by Crippen LogP contribution is 2.21. The van der Waals surface area contributed by atoms with Crippen molar-refractivity contribution in [2.45, 2.75) is 19.9 Å². The molecule has 0 saturated carbocycles. The lowest BCUT2D eigenvalue weighted by molar-refractivity contribution is 0.0327. The number of fused-ring (bicyclic) bond motifs is 1. The first-order valence-corrected chi connectivity index (χ1v) is 7.57. The number of H-pyrrole nitrogens is 1. The molecule has 1 unspecified atom stereocenters. The zero-order chi connectivity index (χ0) is 14.1. The van der Waals surface area contributed by atoms with E-state index < -0.39 is 0 Å². The molecule has 1 saturated heterocycles. The summed E-state index contributed by atoms with van der Waals surface area (Å²) in [6.07, 6.45) is 0. The molecule has 1 aliphatic heterocycles. The Bertz CT molecular complexity index is 655. The summed E-state index contributed by atoms with van der Waals surface area (Å²) in [4.78, 5) is 5.77. The highest BCUT2D eigenvalue weighted by atomic mass is 32.1. The van der Waals surface area contributed by atoms with E-state index >= 15 is 0 Å². The molecular formula is C15H21N3OS.